The highest BCUT2D eigenvalue weighted by atomic mass is 35.5. The highest BCUT2D eigenvalue weighted by molar-refractivity contribution is 6.31. The topological polar surface area (TPSA) is 26.0 Å². The molecule has 2 aromatic rings. The maximum atomic E-state index is 13.7. The van der Waals surface area contributed by atoms with Gasteiger partial charge in [-0.2, -0.15) is 0 Å². The molecule has 0 heterocycles. The molecule has 1 atom stereocenters. The van der Waals surface area contributed by atoms with E-state index >= 15 is 0 Å². The van der Waals surface area contributed by atoms with Gasteiger partial charge >= 0.3 is 0 Å². The second-order valence-corrected chi connectivity index (χ2v) is 5.26. The van der Waals surface area contributed by atoms with Crippen molar-refractivity contribution in [1.82, 2.24) is 0 Å². The first-order chi connectivity index (χ1) is 8.99. The van der Waals surface area contributed by atoms with Gasteiger partial charge in [-0.1, -0.05) is 35.9 Å². The smallest absolute Gasteiger partial charge is 0.127 e. The summed E-state index contributed by atoms with van der Waals surface area (Å²) in [6.45, 7) is 4.10. The average Bonchev–Trinajstić information content (AvgIpc) is 2.37. The molecule has 1 unspecified atom stereocenters. The Morgan fingerprint density at radius 3 is 2.53 bits per heavy atom. The van der Waals surface area contributed by atoms with Gasteiger partial charge in [-0.25, -0.2) is 4.39 Å². The summed E-state index contributed by atoms with van der Waals surface area (Å²) in [7, 11) is 0. The summed E-state index contributed by atoms with van der Waals surface area (Å²) in [5.74, 6) is -0.299. The van der Waals surface area contributed by atoms with Crippen LogP contribution in [0, 0.1) is 19.7 Å². The molecule has 0 aliphatic rings. The van der Waals surface area contributed by atoms with Crippen molar-refractivity contribution in [3.05, 3.63) is 69.5 Å². The van der Waals surface area contributed by atoms with Crippen LogP contribution in [0.5, 0.6) is 0 Å². The van der Waals surface area contributed by atoms with Crippen LogP contribution in [0.2, 0.25) is 5.02 Å². The lowest BCUT2D eigenvalue weighted by atomic mass is 9.96. The van der Waals surface area contributed by atoms with E-state index in [9.17, 15) is 4.39 Å². The molecule has 0 fully saturated rings. The first kappa shape index (κ1) is 14.0. The first-order valence-electron chi connectivity index (χ1n) is 6.24. The normalized spacial score (nSPS) is 12.5. The Bertz CT molecular complexity index is 575. The number of benzene rings is 2. The van der Waals surface area contributed by atoms with Gasteiger partial charge in [0.2, 0.25) is 0 Å². The van der Waals surface area contributed by atoms with Gasteiger partial charge in [-0.05, 0) is 49.1 Å². The Labute approximate surface area is 118 Å². The van der Waals surface area contributed by atoms with Gasteiger partial charge in [0.25, 0.3) is 0 Å². The Hall–Kier alpha value is -1.38. The molecule has 2 aromatic carbocycles. The molecule has 0 amide bonds. The van der Waals surface area contributed by atoms with Gasteiger partial charge in [-0.15, -0.1) is 0 Å². The van der Waals surface area contributed by atoms with Crippen molar-refractivity contribution in [1.29, 1.82) is 0 Å². The van der Waals surface area contributed by atoms with Crippen LogP contribution in [0.3, 0.4) is 0 Å². The molecular formula is C16H17ClFN. The number of hydrogen-bond donors (Lipinski definition) is 1. The summed E-state index contributed by atoms with van der Waals surface area (Å²) in [6, 6.07) is 10.5. The molecule has 0 bridgehead atoms. The summed E-state index contributed by atoms with van der Waals surface area (Å²) in [6.07, 6.45) is 0.397. The summed E-state index contributed by atoms with van der Waals surface area (Å²) >= 11 is 6.02. The standard InChI is InChI=1S/C16H17ClFN/c1-10-6-7-12(8-11(10)2)16(19)9-13-14(17)4-3-5-15(13)18/h3-8,16H,9,19H2,1-2H3. The lowest BCUT2D eigenvalue weighted by molar-refractivity contribution is 0.593. The molecule has 0 aromatic heterocycles. The van der Waals surface area contributed by atoms with Crippen LogP contribution in [0.4, 0.5) is 4.39 Å². The average molecular weight is 278 g/mol. The van der Waals surface area contributed by atoms with Crippen LogP contribution in [-0.2, 0) is 6.42 Å². The van der Waals surface area contributed by atoms with Gasteiger partial charge in [0.15, 0.2) is 0 Å². The van der Waals surface area contributed by atoms with E-state index in [0.29, 0.717) is 17.0 Å². The number of halogens is 2. The lowest BCUT2D eigenvalue weighted by Gasteiger charge is -2.15. The highest BCUT2D eigenvalue weighted by Gasteiger charge is 2.13. The Kier molecular flexibility index (Phi) is 4.23. The molecule has 0 spiro atoms. The predicted octanol–water partition coefficient (Wildman–Crippen LogP) is 4.34. The minimum Gasteiger partial charge on any atom is -0.324 e. The molecular weight excluding hydrogens is 261 g/mol. The van der Waals surface area contributed by atoms with E-state index in [1.54, 1.807) is 12.1 Å². The van der Waals surface area contributed by atoms with Crippen molar-refractivity contribution in [3.63, 3.8) is 0 Å². The number of aryl methyl sites for hydroxylation is 2. The second-order valence-electron chi connectivity index (χ2n) is 4.85. The van der Waals surface area contributed by atoms with Gasteiger partial charge < -0.3 is 5.73 Å². The molecule has 2 rings (SSSR count). The molecule has 0 radical (unpaired) electrons. The zero-order chi connectivity index (χ0) is 14.0. The summed E-state index contributed by atoms with van der Waals surface area (Å²) < 4.78 is 13.7. The number of nitrogens with two attached hydrogens (primary N) is 1. The largest absolute Gasteiger partial charge is 0.324 e. The van der Waals surface area contributed by atoms with E-state index in [1.165, 1.54) is 17.2 Å². The fourth-order valence-corrected chi connectivity index (χ4v) is 2.30. The quantitative estimate of drug-likeness (QED) is 0.887. The Morgan fingerprint density at radius 1 is 1.16 bits per heavy atom. The molecule has 1 nitrogen and oxygen atoms in total. The highest BCUT2D eigenvalue weighted by Crippen LogP contribution is 2.25. The molecule has 19 heavy (non-hydrogen) atoms. The predicted molar refractivity (Wildman–Crippen MR) is 78.0 cm³/mol. The SMILES string of the molecule is Cc1ccc(C(N)Cc2c(F)cccc2Cl)cc1C. The van der Waals surface area contributed by atoms with Crippen molar-refractivity contribution in [3.8, 4) is 0 Å². The lowest BCUT2D eigenvalue weighted by Crippen LogP contribution is -2.14. The van der Waals surface area contributed by atoms with Crippen LogP contribution in [-0.4, -0.2) is 0 Å². The third kappa shape index (κ3) is 3.14. The van der Waals surface area contributed by atoms with E-state index in [1.807, 2.05) is 19.1 Å². The summed E-state index contributed by atoms with van der Waals surface area (Å²) in [5, 5.41) is 0.430. The maximum absolute atomic E-state index is 13.7. The van der Waals surface area contributed by atoms with Crippen molar-refractivity contribution >= 4 is 11.6 Å². The first-order valence-corrected chi connectivity index (χ1v) is 6.62. The van der Waals surface area contributed by atoms with E-state index in [0.717, 1.165) is 5.56 Å². The third-order valence-corrected chi connectivity index (χ3v) is 3.80. The fourth-order valence-electron chi connectivity index (χ4n) is 2.06. The summed E-state index contributed by atoms with van der Waals surface area (Å²) in [5.41, 5.74) is 10.1. The monoisotopic (exact) mass is 277 g/mol. The minimum absolute atomic E-state index is 0.256. The van der Waals surface area contributed by atoms with Crippen LogP contribution < -0.4 is 5.73 Å². The fraction of sp³-hybridized carbons (Fsp3) is 0.250. The number of hydrogen-bond acceptors (Lipinski definition) is 1. The molecule has 0 saturated heterocycles. The zero-order valence-electron chi connectivity index (χ0n) is 11.1. The summed E-state index contributed by atoms with van der Waals surface area (Å²) in [4.78, 5) is 0. The van der Waals surface area contributed by atoms with Crippen LogP contribution in [0.15, 0.2) is 36.4 Å². The van der Waals surface area contributed by atoms with Crippen LogP contribution in [0.1, 0.15) is 28.3 Å². The van der Waals surface area contributed by atoms with Gasteiger partial charge in [-0.3, -0.25) is 0 Å². The van der Waals surface area contributed by atoms with E-state index in [2.05, 4.69) is 13.0 Å². The van der Waals surface area contributed by atoms with Crippen molar-refractivity contribution in [2.24, 2.45) is 5.73 Å². The Morgan fingerprint density at radius 2 is 1.89 bits per heavy atom. The van der Waals surface area contributed by atoms with E-state index in [4.69, 9.17) is 17.3 Å². The van der Waals surface area contributed by atoms with E-state index < -0.39 is 0 Å². The number of rotatable bonds is 3. The molecule has 3 heteroatoms. The van der Waals surface area contributed by atoms with Gasteiger partial charge in [0.1, 0.15) is 5.82 Å². The Balaban J connectivity index is 2.25. The second kappa shape index (κ2) is 5.72. The van der Waals surface area contributed by atoms with Crippen LogP contribution >= 0.6 is 11.6 Å². The molecule has 0 aliphatic carbocycles. The molecule has 100 valence electrons. The van der Waals surface area contributed by atoms with E-state index in [-0.39, 0.29) is 11.9 Å². The van der Waals surface area contributed by atoms with Crippen molar-refractivity contribution < 1.29 is 4.39 Å². The van der Waals surface area contributed by atoms with Gasteiger partial charge in [0.05, 0.1) is 0 Å². The molecule has 2 N–H and O–H groups in total. The third-order valence-electron chi connectivity index (χ3n) is 3.44. The van der Waals surface area contributed by atoms with Crippen molar-refractivity contribution in [2.45, 2.75) is 26.3 Å². The molecule has 0 saturated carbocycles. The zero-order valence-corrected chi connectivity index (χ0v) is 11.8. The molecule has 0 aliphatic heterocycles. The van der Waals surface area contributed by atoms with Gasteiger partial charge in [0, 0.05) is 16.6 Å². The van der Waals surface area contributed by atoms with Crippen molar-refractivity contribution in [2.75, 3.05) is 0 Å². The maximum Gasteiger partial charge on any atom is 0.127 e. The van der Waals surface area contributed by atoms with Crippen LogP contribution in [0.25, 0.3) is 0 Å². The minimum atomic E-state index is -0.299.